The van der Waals surface area contributed by atoms with Gasteiger partial charge in [0.15, 0.2) is 6.61 Å². The Balaban J connectivity index is 1.49. The van der Waals surface area contributed by atoms with Crippen LogP contribution in [0.4, 0.5) is 11.4 Å². The molecule has 2 aromatic carbocycles. The van der Waals surface area contributed by atoms with E-state index in [1.54, 1.807) is 17.0 Å². The molecule has 27 heavy (non-hydrogen) atoms. The normalized spacial score (nSPS) is 13.7. The number of nitrogens with one attached hydrogen (secondary N) is 2. The highest BCUT2D eigenvalue weighted by atomic mass is 16.5. The van der Waals surface area contributed by atoms with Gasteiger partial charge in [0.25, 0.3) is 5.91 Å². The Morgan fingerprint density at radius 2 is 2.00 bits per heavy atom. The van der Waals surface area contributed by atoms with Crippen LogP contribution < -0.4 is 20.3 Å². The summed E-state index contributed by atoms with van der Waals surface area (Å²) in [5.74, 6) is 0.537. The molecule has 1 aliphatic heterocycles. The van der Waals surface area contributed by atoms with E-state index in [9.17, 15) is 9.59 Å². The van der Waals surface area contributed by atoms with Gasteiger partial charge in [-0.1, -0.05) is 19.1 Å². The molecule has 3 rings (SSSR count). The van der Waals surface area contributed by atoms with Gasteiger partial charge in [-0.3, -0.25) is 9.59 Å². The van der Waals surface area contributed by atoms with Crippen molar-refractivity contribution in [3.63, 3.8) is 0 Å². The number of benzene rings is 2. The Bertz CT molecular complexity index is 790. The van der Waals surface area contributed by atoms with Gasteiger partial charge in [-0.25, -0.2) is 0 Å². The molecule has 0 spiro atoms. The van der Waals surface area contributed by atoms with E-state index in [0.29, 0.717) is 12.2 Å². The largest absolute Gasteiger partial charge is 0.484 e. The summed E-state index contributed by atoms with van der Waals surface area (Å²) in [5.41, 5.74) is 2.73. The molecular weight excluding hydrogens is 342 g/mol. The van der Waals surface area contributed by atoms with E-state index in [4.69, 9.17) is 4.74 Å². The zero-order chi connectivity index (χ0) is 19.1. The zero-order valence-corrected chi connectivity index (χ0v) is 15.5. The summed E-state index contributed by atoms with van der Waals surface area (Å²) in [4.78, 5) is 25.7. The first-order chi connectivity index (χ1) is 13.2. The molecule has 0 unspecified atom stereocenters. The molecule has 6 heteroatoms. The summed E-state index contributed by atoms with van der Waals surface area (Å²) < 4.78 is 5.55. The molecule has 6 nitrogen and oxygen atoms in total. The highest BCUT2D eigenvalue weighted by Crippen LogP contribution is 2.23. The molecule has 0 saturated carbocycles. The van der Waals surface area contributed by atoms with Crippen molar-refractivity contribution in [3.8, 4) is 5.75 Å². The monoisotopic (exact) mass is 367 g/mol. The van der Waals surface area contributed by atoms with E-state index in [1.165, 1.54) is 0 Å². The van der Waals surface area contributed by atoms with Crippen molar-refractivity contribution in [1.82, 2.24) is 5.32 Å². The summed E-state index contributed by atoms with van der Waals surface area (Å²) >= 11 is 0. The molecule has 1 saturated heterocycles. The molecule has 2 N–H and O–H groups in total. The number of rotatable bonds is 8. The number of nitrogens with zero attached hydrogens (tertiary/aromatic N) is 1. The first-order valence-electron chi connectivity index (χ1n) is 9.28. The van der Waals surface area contributed by atoms with Gasteiger partial charge in [0, 0.05) is 30.9 Å². The van der Waals surface area contributed by atoms with Gasteiger partial charge in [-0.2, -0.15) is 0 Å². The number of hydrogen-bond acceptors (Lipinski definition) is 4. The van der Waals surface area contributed by atoms with Crippen molar-refractivity contribution in [1.29, 1.82) is 0 Å². The number of carbonyl (C=O) groups is 2. The van der Waals surface area contributed by atoms with Crippen molar-refractivity contribution >= 4 is 23.2 Å². The maximum absolute atomic E-state index is 12.1. The second kappa shape index (κ2) is 9.19. The van der Waals surface area contributed by atoms with Crippen molar-refractivity contribution in [2.45, 2.75) is 26.3 Å². The fourth-order valence-corrected chi connectivity index (χ4v) is 3.02. The third-order valence-corrected chi connectivity index (χ3v) is 4.38. The topological polar surface area (TPSA) is 70.7 Å². The smallest absolute Gasteiger partial charge is 0.262 e. The van der Waals surface area contributed by atoms with Gasteiger partial charge < -0.3 is 20.3 Å². The Morgan fingerprint density at radius 1 is 1.19 bits per heavy atom. The molecule has 1 fully saturated rings. The maximum atomic E-state index is 12.1. The van der Waals surface area contributed by atoms with E-state index >= 15 is 0 Å². The molecular formula is C21H25N3O3. The Hall–Kier alpha value is -2.86. The molecule has 1 aliphatic rings. The summed E-state index contributed by atoms with van der Waals surface area (Å²) in [7, 11) is 0. The highest BCUT2D eigenvalue weighted by molar-refractivity contribution is 5.95. The fourth-order valence-electron chi connectivity index (χ4n) is 3.02. The SMILES string of the molecule is CCNCc1cccc(NC(=O)COc2ccc(N3CCCC3=O)cc2)c1. The van der Waals surface area contributed by atoms with E-state index in [-0.39, 0.29) is 18.4 Å². The molecule has 0 atom stereocenters. The second-order valence-corrected chi connectivity index (χ2v) is 6.46. The fraction of sp³-hybridized carbons (Fsp3) is 0.333. The van der Waals surface area contributed by atoms with Gasteiger partial charge in [-0.05, 0) is 54.9 Å². The van der Waals surface area contributed by atoms with Gasteiger partial charge in [0.1, 0.15) is 5.75 Å². The third-order valence-electron chi connectivity index (χ3n) is 4.38. The number of hydrogen-bond donors (Lipinski definition) is 2. The lowest BCUT2D eigenvalue weighted by molar-refractivity contribution is -0.118. The van der Waals surface area contributed by atoms with Crippen LogP contribution in [0.3, 0.4) is 0 Å². The Kier molecular flexibility index (Phi) is 6.44. The Labute approximate surface area is 159 Å². The molecule has 0 bridgehead atoms. The molecule has 0 radical (unpaired) electrons. The minimum atomic E-state index is -0.214. The lowest BCUT2D eigenvalue weighted by atomic mass is 10.2. The second-order valence-electron chi connectivity index (χ2n) is 6.46. The predicted molar refractivity (Wildman–Crippen MR) is 106 cm³/mol. The summed E-state index contributed by atoms with van der Waals surface area (Å²) in [6.45, 7) is 4.41. The van der Waals surface area contributed by atoms with Crippen LogP contribution in [0.5, 0.6) is 5.75 Å². The van der Waals surface area contributed by atoms with Crippen molar-refractivity contribution in [2.24, 2.45) is 0 Å². The number of ether oxygens (including phenoxy) is 1. The predicted octanol–water partition coefficient (Wildman–Crippen LogP) is 2.94. The quantitative estimate of drug-likeness (QED) is 0.753. The minimum Gasteiger partial charge on any atom is -0.484 e. The molecule has 0 aromatic heterocycles. The molecule has 2 aromatic rings. The minimum absolute atomic E-state index is 0.0700. The molecule has 2 amide bonds. The summed E-state index contributed by atoms with van der Waals surface area (Å²) in [6.07, 6.45) is 1.50. The van der Waals surface area contributed by atoms with E-state index < -0.39 is 0 Å². The van der Waals surface area contributed by atoms with E-state index in [2.05, 4.69) is 17.6 Å². The van der Waals surface area contributed by atoms with Crippen LogP contribution in [-0.2, 0) is 16.1 Å². The number of amides is 2. The van der Waals surface area contributed by atoms with Gasteiger partial charge in [0.2, 0.25) is 5.91 Å². The van der Waals surface area contributed by atoms with Crippen molar-refractivity contribution < 1.29 is 14.3 Å². The van der Waals surface area contributed by atoms with Crippen molar-refractivity contribution in [2.75, 3.05) is 29.9 Å². The van der Waals surface area contributed by atoms with Crippen LogP contribution in [0.2, 0.25) is 0 Å². The average molecular weight is 367 g/mol. The lowest BCUT2D eigenvalue weighted by Gasteiger charge is -2.16. The molecule has 1 heterocycles. The maximum Gasteiger partial charge on any atom is 0.262 e. The first-order valence-corrected chi connectivity index (χ1v) is 9.28. The van der Waals surface area contributed by atoms with Crippen LogP contribution >= 0.6 is 0 Å². The van der Waals surface area contributed by atoms with Crippen LogP contribution in [-0.4, -0.2) is 31.5 Å². The van der Waals surface area contributed by atoms with Gasteiger partial charge in [0.05, 0.1) is 0 Å². The third kappa shape index (κ3) is 5.31. The van der Waals surface area contributed by atoms with Crippen molar-refractivity contribution in [3.05, 3.63) is 54.1 Å². The van der Waals surface area contributed by atoms with Gasteiger partial charge >= 0.3 is 0 Å². The Morgan fingerprint density at radius 3 is 2.70 bits per heavy atom. The lowest BCUT2D eigenvalue weighted by Crippen LogP contribution is -2.23. The zero-order valence-electron chi connectivity index (χ0n) is 15.5. The number of carbonyl (C=O) groups excluding carboxylic acids is 2. The summed E-state index contributed by atoms with van der Waals surface area (Å²) in [5, 5.41) is 6.10. The highest BCUT2D eigenvalue weighted by Gasteiger charge is 2.21. The van der Waals surface area contributed by atoms with Crippen LogP contribution in [0.15, 0.2) is 48.5 Å². The first kappa shape index (κ1) is 18.9. The molecule has 0 aliphatic carbocycles. The van der Waals surface area contributed by atoms with Crippen LogP contribution in [0.25, 0.3) is 0 Å². The van der Waals surface area contributed by atoms with Crippen LogP contribution in [0.1, 0.15) is 25.3 Å². The molecule has 142 valence electrons. The van der Waals surface area contributed by atoms with E-state index in [0.717, 1.165) is 43.0 Å². The average Bonchev–Trinajstić information content (AvgIpc) is 3.11. The van der Waals surface area contributed by atoms with Gasteiger partial charge in [-0.15, -0.1) is 0 Å². The summed E-state index contributed by atoms with van der Waals surface area (Å²) in [6, 6.07) is 15.0. The van der Waals surface area contributed by atoms with E-state index in [1.807, 2.05) is 36.4 Å². The number of anilines is 2. The standard InChI is InChI=1S/C21H25N3O3/c1-2-22-14-16-5-3-6-17(13-16)23-20(25)15-27-19-10-8-18(9-11-19)24-12-4-7-21(24)26/h3,5-6,8-11,13,22H,2,4,7,12,14-15H2,1H3,(H,23,25). The van der Waals surface area contributed by atoms with Crippen LogP contribution in [0, 0.1) is 0 Å².